The molecule has 3 aromatic rings. The fraction of sp³-hybridized carbons (Fsp3) is 0.167. The Kier molecular flexibility index (Phi) is 5.25. The summed E-state index contributed by atoms with van der Waals surface area (Å²) in [5.74, 6) is -1.34. The van der Waals surface area contributed by atoms with Crippen molar-refractivity contribution < 1.29 is 30.6 Å². The molecule has 3 N–H and O–H groups in total. The number of nitrogen functional groups attached to an aromatic ring is 1. The maximum absolute atomic E-state index is 13.1. The van der Waals surface area contributed by atoms with Gasteiger partial charge in [-0.3, -0.25) is 0 Å². The smallest absolute Gasteiger partial charge is 0.383 e. The van der Waals surface area contributed by atoms with E-state index in [4.69, 9.17) is 28.9 Å². The summed E-state index contributed by atoms with van der Waals surface area (Å²) in [7, 11) is -3.69. The highest BCUT2D eigenvalue weighted by molar-refractivity contribution is 7.86. The number of H-pyrrole nitrogens is 1. The van der Waals surface area contributed by atoms with E-state index in [2.05, 4.69) is 20.5 Å². The first-order chi connectivity index (χ1) is 13.3. The number of tetrazole rings is 1. The zero-order chi connectivity index (χ0) is 21.7. The van der Waals surface area contributed by atoms with E-state index >= 15 is 0 Å². The van der Waals surface area contributed by atoms with Crippen LogP contribution < -0.4 is 5.73 Å². The van der Waals surface area contributed by atoms with E-state index in [0.29, 0.717) is 16.8 Å². The van der Waals surface area contributed by atoms with Crippen molar-refractivity contribution in [3.05, 3.63) is 27.7 Å². The van der Waals surface area contributed by atoms with Crippen LogP contribution in [0.4, 0.5) is 32.2 Å². The van der Waals surface area contributed by atoms with Gasteiger partial charge in [0.05, 0.1) is 15.6 Å². The minimum absolute atomic E-state index is 0.464. The number of hydrogen-bond acceptors (Lipinski definition) is 6. The van der Waals surface area contributed by atoms with E-state index < -0.39 is 66.0 Å². The van der Waals surface area contributed by atoms with Gasteiger partial charge in [-0.25, -0.2) is 8.89 Å². The monoisotopic (exact) mass is 479 g/mol. The van der Waals surface area contributed by atoms with Crippen LogP contribution in [0.25, 0.3) is 17.2 Å². The van der Waals surface area contributed by atoms with Crippen LogP contribution in [0.1, 0.15) is 5.56 Å². The minimum atomic E-state index is -5.24. The summed E-state index contributed by atoms with van der Waals surface area (Å²) in [5, 5.41) is 14.5. The highest BCUT2D eigenvalue weighted by Gasteiger charge is 2.43. The van der Waals surface area contributed by atoms with Crippen molar-refractivity contribution in [2.45, 2.75) is 16.6 Å². The molecule has 0 amide bonds. The van der Waals surface area contributed by atoms with Crippen molar-refractivity contribution in [2.75, 3.05) is 5.73 Å². The molecular weight excluding hydrogens is 475 g/mol. The van der Waals surface area contributed by atoms with Gasteiger partial charge in [0.25, 0.3) is 0 Å². The fourth-order valence-corrected chi connectivity index (χ4v) is 3.69. The van der Waals surface area contributed by atoms with Gasteiger partial charge >= 0.3 is 11.7 Å². The number of anilines is 1. The lowest BCUT2D eigenvalue weighted by atomic mass is 10.2. The second kappa shape index (κ2) is 7.14. The Bertz CT molecular complexity index is 1070. The summed E-state index contributed by atoms with van der Waals surface area (Å²) in [5.41, 5.74) is -1.91. The molecule has 2 aromatic heterocycles. The Morgan fingerprint density at radius 3 is 2.14 bits per heavy atom. The van der Waals surface area contributed by atoms with Crippen LogP contribution in [0.2, 0.25) is 10.0 Å². The molecule has 17 heteroatoms. The first-order valence-corrected chi connectivity index (χ1v) is 8.90. The van der Waals surface area contributed by atoms with Gasteiger partial charge in [-0.05, 0) is 17.3 Å². The highest BCUT2D eigenvalue weighted by Crippen LogP contribution is 2.41. The Labute approximate surface area is 168 Å². The number of aromatic nitrogens is 6. The Morgan fingerprint density at radius 1 is 1.10 bits per heavy atom. The lowest BCUT2D eigenvalue weighted by Crippen LogP contribution is -2.18. The second-order valence-electron chi connectivity index (χ2n) is 5.21. The number of aromatic amines is 1. The van der Waals surface area contributed by atoms with Crippen molar-refractivity contribution in [1.29, 1.82) is 0 Å². The van der Waals surface area contributed by atoms with Gasteiger partial charge in [-0.15, -0.1) is 10.2 Å². The molecule has 0 saturated carbocycles. The summed E-state index contributed by atoms with van der Waals surface area (Å²) in [6.07, 6.45) is -4.79. The topological polar surface area (TPSA) is 115 Å². The number of alkyl halides is 6. The van der Waals surface area contributed by atoms with E-state index in [-0.39, 0.29) is 0 Å². The van der Waals surface area contributed by atoms with Crippen molar-refractivity contribution >= 4 is 39.8 Å². The predicted octanol–water partition coefficient (Wildman–Crippen LogP) is 3.59. The van der Waals surface area contributed by atoms with Crippen LogP contribution in [0.3, 0.4) is 0 Å². The van der Waals surface area contributed by atoms with Crippen molar-refractivity contribution in [2.24, 2.45) is 0 Å². The number of rotatable bonds is 3. The first kappa shape index (κ1) is 21.3. The zero-order valence-corrected chi connectivity index (χ0v) is 15.6. The third kappa shape index (κ3) is 3.89. The highest BCUT2D eigenvalue weighted by atomic mass is 35.5. The predicted molar refractivity (Wildman–Crippen MR) is 88.6 cm³/mol. The third-order valence-corrected chi connectivity index (χ3v) is 5.15. The van der Waals surface area contributed by atoms with E-state index in [9.17, 15) is 30.6 Å². The van der Waals surface area contributed by atoms with Crippen molar-refractivity contribution in [3.8, 4) is 17.2 Å². The molecule has 0 bridgehead atoms. The number of nitrogens with zero attached hydrogens (tertiary/aromatic N) is 5. The van der Waals surface area contributed by atoms with Crippen LogP contribution in [0, 0.1) is 0 Å². The van der Waals surface area contributed by atoms with Gasteiger partial charge in [0.1, 0.15) is 16.4 Å². The lowest BCUT2D eigenvalue weighted by Gasteiger charge is -2.13. The van der Waals surface area contributed by atoms with Gasteiger partial charge in [0, 0.05) is 0 Å². The molecule has 0 saturated heterocycles. The average Bonchev–Trinajstić information content (AvgIpc) is 3.20. The van der Waals surface area contributed by atoms with Gasteiger partial charge in [-0.1, -0.05) is 23.2 Å². The molecule has 156 valence electrons. The van der Waals surface area contributed by atoms with Crippen molar-refractivity contribution in [3.63, 3.8) is 0 Å². The molecule has 0 spiro atoms. The number of hydrogen-bond donors (Lipinski definition) is 2. The first-order valence-electron chi connectivity index (χ1n) is 7.00. The standard InChI is InChI=1S/C12H5Cl2F6N7OS/c13-4-1-3(11(15,16)17)2-5(14)7(4)27-9(21)8(29(28)12(18,19)20)6(24-27)10-22-25-26-23-10/h1-2H,21H2,(H,22,23,25,26). The average molecular weight is 480 g/mol. The summed E-state index contributed by atoms with van der Waals surface area (Å²) < 4.78 is 90.3. The molecule has 0 radical (unpaired) electrons. The Balaban J connectivity index is 2.29. The van der Waals surface area contributed by atoms with Gasteiger partial charge in [0.2, 0.25) is 5.82 Å². The van der Waals surface area contributed by atoms with E-state index in [1.54, 1.807) is 0 Å². The second-order valence-corrected chi connectivity index (χ2v) is 7.43. The summed E-state index contributed by atoms with van der Waals surface area (Å²) in [4.78, 5) is -1.04. The number of benzene rings is 1. The van der Waals surface area contributed by atoms with Gasteiger partial charge in [-0.2, -0.15) is 36.7 Å². The molecule has 0 fully saturated rings. The molecule has 0 aliphatic carbocycles. The largest absolute Gasteiger partial charge is 0.476 e. The third-order valence-electron chi connectivity index (χ3n) is 3.38. The molecule has 1 atom stereocenters. The van der Waals surface area contributed by atoms with Crippen LogP contribution in [0.5, 0.6) is 0 Å². The summed E-state index contributed by atoms with van der Waals surface area (Å²) in [6, 6.07) is 0.969. The normalized spacial score (nSPS) is 13.7. The molecule has 0 aliphatic rings. The number of halogens is 8. The molecular formula is C12H5Cl2F6N7OS. The fourth-order valence-electron chi connectivity index (χ4n) is 2.23. The van der Waals surface area contributed by atoms with Gasteiger partial charge in [0.15, 0.2) is 16.5 Å². The summed E-state index contributed by atoms with van der Waals surface area (Å²) >= 11 is 11.7. The van der Waals surface area contributed by atoms with Crippen LogP contribution in [-0.2, 0) is 17.0 Å². The Hall–Kier alpha value is -2.39. The number of nitrogens with two attached hydrogens (primary N) is 1. The van der Waals surface area contributed by atoms with E-state index in [0.717, 1.165) is 0 Å². The molecule has 1 unspecified atom stereocenters. The van der Waals surface area contributed by atoms with E-state index in [1.165, 1.54) is 0 Å². The minimum Gasteiger partial charge on any atom is -0.383 e. The van der Waals surface area contributed by atoms with Gasteiger partial charge < -0.3 is 5.73 Å². The maximum Gasteiger partial charge on any atom is 0.476 e. The zero-order valence-electron chi connectivity index (χ0n) is 13.3. The molecule has 8 nitrogen and oxygen atoms in total. The lowest BCUT2D eigenvalue weighted by molar-refractivity contribution is -0.137. The SMILES string of the molecule is Nc1c(S(=O)C(F)(F)F)c(-c2nn[nH]n2)nn1-c1c(Cl)cc(C(F)(F)F)cc1Cl. The molecule has 2 heterocycles. The molecule has 29 heavy (non-hydrogen) atoms. The molecule has 0 aliphatic heterocycles. The molecule has 3 rings (SSSR count). The van der Waals surface area contributed by atoms with Crippen molar-refractivity contribution in [1.82, 2.24) is 30.4 Å². The maximum atomic E-state index is 13.1. The summed E-state index contributed by atoms with van der Waals surface area (Å²) in [6.45, 7) is 0. The van der Waals surface area contributed by atoms with Crippen LogP contribution in [0.15, 0.2) is 17.0 Å². The quantitative estimate of drug-likeness (QED) is 0.554. The Morgan fingerprint density at radius 2 is 1.69 bits per heavy atom. The van der Waals surface area contributed by atoms with E-state index in [1.807, 2.05) is 5.21 Å². The number of nitrogens with one attached hydrogen (secondary N) is 1. The molecule has 1 aromatic carbocycles. The van der Waals surface area contributed by atoms with Crippen LogP contribution in [-0.4, -0.2) is 40.1 Å². The van der Waals surface area contributed by atoms with Crippen LogP contribution >= 0.6 is 23.2 Å².